The summed E-state index contributed by atoms with van der Waals surface area (Å²) in [5, 5.41) is 4.79. The molecule has 7 nitrogen and oxygen atoms in total. The van der Waals surface area contributed by atoms with Crippen molar-refractivity contribution < 1.29 is 23.8 Å². The number of benzene rings is 1. The topological polar surface area (TPSA) is 77.1 Å². The lowest BCUT2D eigenvalue weighted by molar-refractivity contribution is -0.125. The van der Waals surface area contributed by atoms with Gasteiger partial charge >= 0.3 is 0 Å². The number of carbonyl (C=O) groups excluding carboxylic acids is 2. The van der Waals surface area contributed by atoms with Gasteiger partial charge in [0, 0.05) is 44.3 Å². The zero-order chi connectivity index (χ0) is 20.8. The van der Waals surface area contributed by atoms with Gasteiger partial charge in [0.2, 0.25) is 5.91 Å². The summed E-state index contributed by atoms with van der Waals surface area (Å²) in [7, 11) is 4.78. The van der Waals surface area contributed by atoms with E-state index in [1.807, 2.05) is 29.6 Å². The maximum absolute atomic E-state index is 12.9. The Morgan fingerprint density at radius 1 is 1.17 bits per heavy atom. The summed E-state index contributed by atoms with van der Waals surface area (Å²) in [5.74, 6) is 0.627. The van der Waals surface area contributed by atoms with Crippen molar-refractivity contribution >= 4 is 23.2 Å². The van der Waals surface area contributed by atoms with Gasteiger partial charge in [-0.3, -0.25) is 9.59 Å². The van der Waals surface area contributed by atoms with Gasteiger partial charge in [-0.1, -0.05) is 12.1 Å². The van der Waals surface area contributed by atoms with Gasteiger partial charge in [-0.25, -0.2) is 0 Å². The first-order chi connectivity index (χ1) is 14.1. The lowest BCUT2D eigenvalue weighted by atomic mass is 9.87. The highest BCUT2D eigenvalue weighted by Crippen LogP contribution is 2.39. The molecule has 0 spiro atoms. The van der Waals surface area contributed by atoms with Crippen molar-refractivity contribution in [3.8, 4) is 11.5 Å². The zero-order valence-corrected chi connectivity index (χ0v) is 17.7. The Balaban J connectivity index is 1.88. The average Bonchev–Trinajstić information content (AvgIpc) is 3.43. The molecule has 2 atom stereocenters. The minimum Gasteiger partial charge on any atom is -0.497 e. The number of rotatable bonds is 8. The summed E-state index contributed by atoms with van der Waals surface area (Å²) in [4.78, 5) is 28.2. The Kier molecular flexibility index (Phi) is 7.11. The fourth-order valence-electron chi connectivity index (χ4n) is 3.64. The van der Waals surface area contributed by atoms with Crippen LogP contribution in [0.25, 0.3) is 0 Å². The second-order valence-electron chi connectivity index (χ2n) is 6.79. The van der Waals surface area contributed by atoms with Crippen LogP contribution in [0.1, 0.15) is 21.2 Å². The molecule has 1 aliphatic rings. The fraction of sp³-hybridized carbons (Fsp3) is 0.429. The number of carbonyl (C=O) groups is 2. The molecular weight excluding hydrogens is 392 g/mol. The van der Waals surface area contributed by atoms with Crippen molar-refractivity contribution in [2.24, 2.45) is 5.92 Å². The monoisotopic (exact) mass is 418 g/mol. The molecule has 1 N–H and O–H groups in total. The van der Waals surface area contributed by atoms with Gasteiger partial charge in [-0.2, -0.15) is 0 Å². The third-order valence-corrected chi connectivity index (χ3v) is 5.98. The van der Waals surface area contributed by atoms with E-state index >= 15 is 0 Å². The smallest absolute Gasteiger partial charge is 0.263 e. The number of hydrogen-bond acceptors (Lipinski definition) is 6. The van der Waals surface area contributed by atoms with Gasteiger partial charge in [0.15, 0.2) is 0 Å². The molecule has 0 bridgehead atoms. The van der Waals surface area contributed by atoms with Crippen LogP contribution in [0.15, 0.2) is 35.7 Å². The molecule has 0 aliphatic carbocycles. The van der Waals surface area contributed by atoms with Crippen molar-refractivity contribution in [3.05, 3.63) is 46.2 Å². The molecule has 2 amide bonds. The fourth-order valence-corrected chi connectivity index (χ4v) is 4.33. The third-order valence-electron chi connectivity index (χ3n) is 5.12. The van der Waals surface area contributed by atoms with Crippen molar-refractivity contribution in [3.63, 3.8) is 0 Å². The zero-order valence-electron chi connectivity index (χ0n) is 16.8. The Morgan fingerprint density at radius 2 is 2.00 bits per heavy atom. The average molecular weight is 419 g/mol. The summed E-state index contributed by atoms with van der Waals surface area (Å²) < 4.78 is 15.9. The summed E-state index contributed by atoms with van der Waals surface area (Å²) in [5.41, 5.74) is 0.890. The van der Waals surface area contributed by atoms with E-state index in [2.05, 4.69) is 5.32 Å². The normalized spacial score (nSPS) is 18.5. The molecule has 156 valence electrons. The summed E-state index contributed by atoms with van der Waals surface area (Å²) in [6, 6.07) is 9.23. The molecule has 1 aliphatic heterocycles. The number of thiophene rings is 1. The molecule has 3 rings (SSSR count). The van der Waals surface area contributed by atoms with Crippen molar-refractivity contribution in [2.45, 2.75) is 5.92 Å². The van der Waals surface area contributed by atoms with Crippen LogP contribution >= 0.6 is 11.3 Å². The van der Waals surface area contributed by atoms with E-state index in [-0.39, 0.29) is 23.7 Å². The van der Waals surface area contributed by atoms with E-state index in [1.165, 1.54) is 11.3 Å². The quantitative estimate of drug-likeness (QED) is 0.666. The molecule has 2 heterocycles. The first kappa shape index (κ1) is 21.1. The Labute approximate surface area is 174 Å². The molecule has 0 radical (unpaired) electrons. The van der Waals surface area contributed by atoms with E-state index < -0.39 is 0 Å². The molecule has 2 aromatic rings. The molecule has 1 aromatic heterocycles. The lowest BCUT2D eigenvalue weighted by Gasteiger charge is -2.20. The molecule has 8 heteroatoms. The largest absolute Gasteiger partial charge is 0.497 e. The van der Waals surface area contributed by atoms with Crippen molar-refractivity contribution in [1.29, 1.82) is 0 Å². The standard InChI is InChI=1S/C21H26N2O5S/c1-26-9-8-22-20(24)17-13-23(21(25)19-5-4-10-29-19)12-16(17)15-7-6-14(27-2)11-18(15)28-3/h4-7,10-11,16-17H,8-9,12-13H2,1-3H3,(H,22,24)/t16-,17-/m1/s1. The Morgan fingerprint density at radius 3 is 2.66 bits per heavy atom. The van der Waals surface area contributed by atoms with Crippen molar-refractivity contribution in [1.82, 2.24) is 10.2 Å². The molecular formula is C21H26N2O5S. The summed E-state index contributed by atoms with van der Waals surface area (Å²) in [6.07, 6.45) is 0. The van der Waals surface area contributed by atoms with Crippen LogP contribution in [-0.2, 0) is 9.53 Å². The van der Waals surface area contributed by atoms with E-state index in [9.17, 15) is 9.59 Å². The van der Waals surface area contributed by atoms with Crippen molar-refractivity contribution in [2.75, 3.05) is 47.6 Å². The van der Waals surface area contributed by atoms with Crippen LogP contribution in [0, 0.1) is 5.92 Å². The third kappa shape index (κ3) is 4.71. The predicted molar refractivity (Wildman–Crippen MR) is 111 cm³/mol. The molecule has 29 heavy (non-hydrogen) atoms. The highest BCUT2D eigenvalue weighted by Gasteiger charge is 2.41. The minimum atomic E-state index is -0.377. The van der Waals surface area contributed by atoms with E-state index in [1.54, 1.807) is 32.3 Å². The van der Waals surface area contributed by atoms with E-state index in [0.29, 0.717) is 42.6 Å². The molecule has 0 unspecified atom stereocenters. The van der Waals surface area contributed by atoms with Crippen LogP contribution in [-0.4, -0.2) is 64.3 Å². The van der Waals surface area contributed by atoms with Gasteiger partial charge in [-0.05, 0) is 17.5 Å². The summed E-state index contributed by atoms with van der Waals surface area (Å²) in [6.45, 7) is 1.67. The second-order valence-corrected chi connectivity index (χ2v) is 7.74. The van der Waals surface area contributed by atoms with Crippen LogP contribution in [0.2, 0.25) is 0 Å². The Bertz CT molecular complexity index is 840. The predicted octanol–water partition coefficient (Wildman–Crippen LogP) is 2.38. The molecule has 0 saturated carbocycles. The summed E-state index contributed by atoms with van der Waals surface area (Å²) >= 11 is 1.40. The number of nitrogens with one attached hydrogen (secondary N) is 1. The highest BCUT2D eigenvalue weighted by molar-refractivity contribution is 7.12. The number of amides is 2. The maximum atomic E-state index is 12.9. The molecule has 1 fully saturated rings. The highest BCUT2D eigenvalue weighted by atomic mass is 32.1. The van der Waals surface area contributed by atoms with Gasteiger partial charge in [-0.15, -0.1) is 11.3 Å². The second kappa shape index (κ2) is 9.76. The van der Waals surface area contributed by atoms with E-state index in [0.717, 1.165) is 5.56 Å². The van der Waals surface area contributed by atoms with Crippen LogP contribution in [0.3, 0.4) is 0 Å². The lowest BCUT2D eigenvalue weighted by Crippen LogP contribution is -2.37. The van der Waals surface area contributed by atoms with Gasteiger partial charge in [0.25, 0.3) is 5.91 Å². The number of methoxy groups -OCH3 is 3. The van der Waals surface area contributed by atoms with Crippen LogP contribution in [0.4, 0.5) is 0 Å². The molecule has 1 aromatic carbocycles. The number of likely N-dealkylation sites (tertiary alicyclic amines) is 1. The first-order valence-corrected chi connectivity index (χ1v) is 10.3. The van der Waals surface area contributed by atoms with Crippen LogP contribution in [0.5, 0.6) is 11.5 Å². The maximum Gasteiger partial charge on any atom is 0.263 e. The first-order valence-electron chi connectivity index (χ1n) is 9.40. The van der Waals surface area contributed by atoms with Crippen LogP contribution < -0.4 is 14.8 Å². The number of nitrogens with zero attached hydrogens (tertiary/aromatic N) is 1. The Hall–Kier alpha value is -2.58. The van der Waals surface area contributed by atoms with Gasteiger partial charge in [0.05, 0.1) is 31.6 Å². The van der Waals surface area contributed by atoms with E-state index in [4.69, 9.17) is 14.2 Å². The van der Waals surface area contributed by atoms with Gasteiger partial charge in [0.1, 0.15) is 11.5 Å². The SMILES string of the molecule is COCCNC(=O)[C@@H]1CN(C(=O)c2cccs2)C[C@@H]1c1ccc(OC)cc1OC. The number of ether oxygens (including phenoxy) is 3. The minimum absolute atomic E-state index is 0.0512. The van der Waals surface area contributed by atoms with Gasteiger partial charge < -0.3 is 24.4 Å². The number of hydrogen-bond donors (Lipinski definition) is 1. The molecule has 1 saturated heterocycles.